The lowest BCUT2D eigenvalue weighted by Gasteiger charge is -2.17. The second-order valence-electron chi connectivity index (χ2n) is 5.32. The van der Waals surface area contributed by atoms with Crippen LogP contribution in [0, 0.1) is 11.8 Å². The molecule has 0 radical (unpaired) electrons. The Morgan fingerprint density at radius 1 is 1.30 bits per heavy atom. The molecule has 4 N–H and O–H groups in total. The van der Waals surface area contributed by atoms with Crippen LogP contribution in [0.25, 0.3) is 0 Å². The summed E-state index contributed by atoms with van der Waals surface area (Å²) in [6.07, 6.45) is -0.947. The Morgan fingerprint density at radius 3 is 2.55 bits per heavy atom. The van der Waals surface area contributed by atoms with E-state index in [1.54, 1.807) is 0 Å². The summed E-state index contributed by atoms with van der Waals surface area (Å²) in [4.78, 5) is 4.00. The average Bonchev–Trinajstić information content (AvgIpc) is 2.80. The van der Waals surface area contributed by atoms with Crippen molar-refractivity contribution in [2.24, 2.45) is 17.7 Å². The maximum Gasteiger partial charge on any atom is 0.416 e. The summed E-state index contributed by atoms with van der Waals surface area (Å²) in [7, 11) is 0. The molecule has 7 heteroatoms. The highest BCUT2D eigenvalue weighted by Gasteiger charge is 2.32. The van der Waals surface area contributed by atoms with Crippen LogP contribution in [0.1, 0.15) is 31.7 Å². The minimum atomic E-state index is -4.41. The number of hydrazine groups is 1. The molecule has 0 amide bonds. The lowest BCUT2D eigenvalue weighted by molar-refractivity contribution is -0.137. The van der Waals surface area contributed by atoms with Gasteiger partial charge in [-0.05, 0) is 30.4 Å². The normalized spacial score (nSPS) is 22.9. The molecular formula is C13H19F3N4. The average molecular weight is 288 g/mol. The van der Waals surface area contributed by atoms with Crippen LogP contribution in [0.5, 0.6) is 0 Å². The maximum atomic E-state index is 12.8. The Morgan fingerprint density at radius 2 is 2.00 bits per heavy atom. The van der Waals surface area contributed by atoms with Crippen LogP contribution in [0.4, 0.5) is 24.8 Å². The Hall–Kier alpha value is -1.50. The van der Waals surface area contributed by atoms with Crippen molar-refractivity contribution in [1.29, 1.82) is 0 Å². The zero-order valence-corrected chi connectivity index (χ0v) is 11.3. The SMILES string of the molecule is CC1CCCC1CNc1cc(C(F)(F)F)cc(NN)n1. The smallest absolute Gasteiger partial charge is 0.370 e. The first-order valence-electron chi connectivity index (χ1n) is 6.70. The van der Waals surface area contributed by atoms with E-state index in [1.807, 2.05) is 0 Å². The number of aromatic nitrogens is 1. The summed E-state index contributed by atoms with van der Waals surface area (Å²) in [5.41, 5.74) is 1.40. The number of halogens is 3. The molecule has 0 aliphatic heterocycles. The van der Waals surface area contributed by atoms with E-state index >= 15 is 0 Å². The number of nitrogen functional groups attached to an aromatic ring is 1. The Kier molecular flexibility index (Phi) is 4.37. The van der Waals surface area contributed by atoms with Gasteiger partial charge >= 0.3 is 6.18 Å². The van der Waals surface area contributed by atoms with E-state index < -0.39 is 11.7 Å². The highest BCUT2D eigenvalue weighted by atomic mass is 19.4. The van der Waals surface area contributed by atoms with Gasteiger partial charge in [-0.25, -0.2) is 10.8 Å². The van der Waals surface area contributed by atoms with Crippen molar-refractivity contribution < 1.29 is 13.2 Å². The van der Waals surface area contributed by atoms with Gasteiger partial charge in [0.2, 0.25) is 0 Å². The molecule has 1 heterocycles. The molecule has 0 saturated heterocycles. The summed E-state index contributed by atoms with van der Waals surface area (Å²) < 4.78 is 38.3. The number of hydrogen-bond donors (Lipinski definition) is 3. The van der Waals surface area contributed by atoms with E-state index in [4.69, 9.17) is 5.84 Å². The van der Waals surface area contributed by atoms with Crippen molar-refractivity contribution in [3.8, 4) is 0 Å². The molecule has 1 aliphatic rings. The summed E-state index contributed by atoms with van der Waals surface area (Å²) in [5.74, 6) is 6.45. The summed E-state index contributed by atoms with van der Waals surface area (Å²) >= 11 is 0. The molecule has 112 valence electrons. The zero-order valence-electron chi connectivity index (χ0n) is 11.3. The van der Waals surface area contributed by atoms with Gasteiger partial charge in [0.05, 0.1) is 5.56 Å². The topological polar surface area (TPSA) is 63.0 Å². The van der Waals surface area contributed by atoms with E-state index in [2.05, 4.69) is 22.7 Å². The number of hydrogen-bond acceptors (Lipinski definition) is 4. The van der Waals surface area contributed by atoms with E-state index in [0.717, 1.165) is 18.6 Å². The van der Waals surface area contributed by atoms with Gasteiger partial charge in [-0.15, -0.1) is 0 Å². The summed E-state index contributed by atoms with van der Waals surface area (Å²) in [5, 5.41) is 3.00. The molecule has 1 aliphatic carbocycles. The minimum Gasteiger partial charge on any atom is -0.370 e. The second kappa shape index (κ2) is 5.87. The van der Waals surface area contributed by atoms with Gasteiger partial charge in [0.1, 0.15) is 11.6 Å². The molecule has 0 bridgehead atoms. The number of rotatable bonds is 4. The van der Waals surface area contributed by atoms with Crippen LogP contribution in [0.15, 0.2) is 12.1 Å². The fraction of sp³-hybridized carbons (Fsp3) is 0.615. The van der Waals surface area contributed by atoms with Gasteiger partial charge in [0.15, 0.2) is 0 Å². The number of anilines is 2. The van der Waals surface area contributed by atoms with Crippen molar-refractivity contribution in [2.45, 2.75) is 32.4 Å². The second-order valence-corrected chi connectivity index (χ2v) is 5.32. The summed E-state index contributed by atoms with van der Waals surface area (Å²) in [6, 6.07) is 1.91. The molecule has 1 aromatic heterocycles. The van der Waals surface area contributed by atoms with E-state index in [1.165, 1.54) is 12.8 Å². The van der Waals surface area contributed by atoms with Crippen LogP contribution >= 0.6 is 0 Å². The molecule has 0 aromatic carbocycles. The number of nitrogens with two attached hydrogens (primary N) is 1. The molecule has 4 nitrogen and oxygen atoms in total. The van der Waals surface area contributed by atoms with Crippen LogP contribution < -0.4 is 16.6 Å². The minimum absolute atomic E-state index is 0.00166. The first-order valence-corrected chi connectivity index (χ1v) is 6.70. The fourth-order valence-corrected chi connectivity index (χ4v) is 2.62. The third-order valence-electron chi connectivity index (χ3n) is 3.89. The van der Waals surface area contributed by atoms with E-state index in [0.29, 0.717) is 18.4 Å². The lowest BCUT2D eigenvalue weighted by atomic mass is 9.98. The highest BCUT2D eigenvalue weighted by molar-refractivity contribution is 5.49. The number of alkyl halides is 3. The Labute approximate surface area is 115 Å². The first kappa shape index (κ1) is 14.9. The van der Waals surface area contributed by atoms with Crippen LogP contribution in [-0.4, -0.2) is 11.5 Å². The van der Waals surface area contributed by atoms with Crippen LogP contribution in [-0.2, 0) is 6.18 Å². The van der Waals surface area contributed by atoms with Gasteiger partial charge < -0.3 is 10.7 Å². The van der Waals surface area contributed by atoms with E-state index in [-0.39, 0.29) is 11.6 Å². The predicted octanol–water partition coefficient (Wildman–Crippen LogP) is 3.23. The standard InChI is InChI=1S/C13H19F3N4/c1-8-3-2-4-9(8)7-18-11-5-10(13(14,15)16)6-12(19-11)20-17/h5-6,8-9H,2-4,7,17H2,1H3,(H2,18,19,20). The molecule has 2 rings (SSSR count). The molecule has 0 spiro atoms. The molecule has 1 fully saturated rings. The first-order chi connectivity index (χ1) is 9.40. The number of pyridine rings is 1. The molecular weight excluding hydrogens is 269 g/mol. The summed E-state index contributed by atoms with van der Waals surface area (Å²) in [6.45, 7) is 2.81. The molecule has 2 unspecified atom stereocenters. The van der Waals surface area contributed by atoms with E-state index in [9.17, 15) is 13.2 Å². The third kappa shape index (κ3) is 3.53. The Balaban J connectivity index is 2.10. The van der Waals surface area contributed by atoms with Crippen molar-refractivity contribution >= 4 is 11.6 Å². The third-order valence-corrected chi connectivity index (χ3v) is 3.89. The van der Waals surface area contributed by atoms with Gasteiger partial charge in [-0.1, -0.05) is 19.8 Å². The van der Waals surface area contributed by atoms with Crippen molar-refractivity contribution in [2.75, 3.05) is 17.3 Å². The maximum absolute atomic E-state index is 12.8. The van der Waals surface area contributed by atoms with Gasteiger partial charge in [-0.3, -0.25) is 0 Å². The molecule has 1 saturated carbocycles. The number of nitrogens with zero attached hydrogens (tertiary/aromatic N) is 1. The zero-order chi connectivity index (χ0) is 14.8. The molecule has 2 atom stereocenters. The van der Waals surface area contributed by atoms with Crippen LogP contribution in [0.3, 0.4) is 0 Å². The largest absolute Gasteiger partial charge is 0.416 e. The predicted molar refractivity (Wildman–Crippen MR) is 72.0 cm³/mol. The Bertz CT molecular complexity index is 461. The number of nitrogens with one attached hydrogen (secondary N) is 2. The van der Waals surface area contributed by atoms with Gasteiger partial charge in [0, 0.05) is 6.54 Å². The van der Waals surface area contributed by atoms with Crippen molar-refractivity contribution in [3.05, 3.63) is 17.7 Å². The van der Waals surface area contributed by atoms with Gasteiger partial charge in [-0.2, -0.15) is 13.2 Å². The fourth-order valence-electron chi connectivity index (χ4n) is 2.62. The quantitative estimate of drug-likeness (QED) is 0.588. The van der Waals surface area contributed by atoms with Crippen molar-refractivity contribution in [3.63, 3.8) is 0 Å². The molecule has 20 heavy (non-hydrogen) atoms. The lowest BCUT2D eigenvalue weighted by Crippen LogP contribution is -2.19. The van der Waals surface area contributed by atoms with Crippen molar-refractivity contribution in [1.82, 2.24) is 4.98 Å². The van der Waals surface area contributed by atoms with Crippen LogP contribution in [0.2, 0.25) is 0 Å². The van der Waals surface area contributed by atoms with Gasteiger partial charge in [0.25, 0.3) is 0 Å². The monoisotopic (exact) mass is 288 g/mol. The molecule has 1 aromatic rings. The highest BCUT2D eigenvalue weighted by Crippen LogP contribution is 2.33.